The highest BCUT2D eigenvalue weighted by Gasteiger charge is 2.17. The van der Waals surface area contributed by atoms with Gasteiger partial charge in [-0.05, 0) is 37.6 Å². The van der Waals surface area contributed by atoms with Gasteiger partial charge < -0.3 is 0 Å². The second-order valence-corrected chi connectivity index (χ2v) is 6.87. The molecule has 0 aliphatic carbocycles. The Morgan fingerprint density at radius 2 is 1.48 bits per heavy atom. The number of fused-ring (bicyclic) bond motifs is 3. The maximum atomic E-state index is 4.92. The Bertz CT molecular complexity index is 1290. The van der Waals surface area contributed by atoms with Crippen molar-refractivity contribution in [2.75, 3.05) is 0 Å². The number of rotatable bonds is 2. The van der Waals surface area contributed by atoms with Crippen LogP contribution in [0.2, 0.25) is 0 Å². The summed E-state index contributed by atoms with van der Waals surface area (Å²) in [7, 11) is 0. The van der Waals surface area contributed by atoms with E-state index in [9.17, 15) is 0 Å². The Hall–Kier alpha value is -3.53. The second-order valence-electron chi connectivity index (χ2n) is 6.87. The predicted molar refractivity (Wildman–Crippen MR) is 109 cm³/mol. The van der Waals surface area contributed by atoms with Crippen molar-refractivity contribution < 1.29 is 0 Å². The average molecular weight is 350 g/mol. The Balaban J connectivity index is 1.93. The predicted octanol–water partition coefficient (Wildman–Crippen LogP) is 5.23. The molecule has 0 aliphatic heterocycles. The topological polar surface area (TPSA) is 43.1 Å². The normalized spacial score (nSPS) is 11.3. The summed E-state index contributed by atoms with van der Waals surface area (Å²) >= 11 is 0. The second kappa shape index (κ2) is 6.02. The fraction of sp³-hybridized carbons (Fsp3) is 0.0870. The van der Waals surface area contributed by atoms with Crippen molar-refractivity contribution in [2.24, 2.45) is 0 Å². The molecule has 0 amide bonds. The van der Waals surface area contributed by atoms with Crippen LogP contribution >= 0.6 is 0 Å². The van der Waals surface area contributed by atoms with Crippen LogP contribution in [0.1, 0.15) is 11.1 Å². The van der Waals surface area contributed by atoms with E-state index in [-0.39, 0.29) is 0 Å². The summed E-state index contributed by atoms with van der Waals surface area (Å²) in [5.74, 6) is 0.837. The number of hydrogen-bond acceptors (Lipinski definition) is 3. The van der Waals surface area contributed by atoms with Crippen LogP contribution in [0.25, 0.3) is 39.3 Å². The lowest BCUT2D eigenvalue weighted by atomic mass is 10.1. The maximum absolute atomic E-state index is 4.92. The molecular weight excluding hydrogens is 332 g/mol. The maximum Gasteiger partial charge on any atom is 0.188 e. The Morgan fingerprint density at radius 1 is 0.704 bits per heavy atom. The number of hydrogen-bond donors (Lipinski definition) is 0. The van der Waals surface area contributed by atoms with E-state index >= 15 is 0 Å². The molecule has 2 heterocycles. The third-order valence-electron chi connectivity index (χ3n) is 4.80. The van der Waals surface area contributed by atoms with Crippen molar-refractivity contribution in [2.45, 2.75) is 13.8 Å². The van der Waals surface area contributed by atoms with Crippen LogP contribution in [-0.4, -0.2) is 19.6 Å². The molecule has 5 rings (SSSR count). The molecule has 5 aromatic rings. The number of aromatic nitrogens is 4. The molecule has 0 unspecified atom stereocenters. The van der Waals surface area contributed by atoms with Gasteiger partial charge in [-0.3, -0.25) is 4.40 Å². The summed E-state index contributed by atoms with van der Waals surface area (Å²) in [5.41, 5.74) is 8.04. The molecule has 4 heteroatoms. The molecule has 4 nitrogen and oxygen atoms in total. The van der Waals surface area contributed by atoms with E-state index in [0.29, 0.717) is 0 Å². The smallest absolute Gasteiger partial charge is 0.188 e. The Kier molecular flexibility index (Phi) is 3.50. The van der Waals surface area contributed by atoms with Crippen molar-refractivity contribution in [3.63, 3.8) is 0 Å². The van der Waals surface area contributed by atoms with E-state index in [1.807, 2.05) is 18.2 Å². The lowest BCUT2D eigenvalue weighted by molar-refractivity contribution is 1.11. The van der Waals surface area contributed by atoms with Gasteiger partial charge in [0.15, 0.2) is 11.5 Å². The van der Waals surface area contributed by atoms with E-state index in [0.717, 1.165) is 39.3 Å². The summed E-state index contributed by atoms with van der Waals surface area (Å²) in [6, 6.07) is 24.8. The van der Waals surface area contributed by atoms with Gasteiger partial charge in [0.1, 0.15) is 5.69 Å². The summed E-state index contributed by atoms with van der Waals surface area (Å²) in [6.07, 6.45) is 0. The number of nitrogens with zero attached hydrogens (tertiary/aromatic N) is 4. The van der Waals surface area contributed by atoms with Crippen LogP contribution in [0.3, 0.4) is 0 Å². The van der Waals surface area contributed by atoms with Crippen molar-refractivity contribution in [1.29, 1.82) is 0 Å². The van der Waals surface area contributed by atoms with Gasteiger partial charge in [-0.25, -0.2) is 4.98 Å². The van der Waals surface area contributed by atoms with Gasteiger partial charge in [-0.1, -0.05) is 60.2 Å². The molecule has 0 radical (unpaired) electrons. The first-order valence-electron chi connectivity index (χ1n) is 8.99. The fourth-order valence-electron chi connectivity index (χ4n) is 3.50. The Morgan fingerprint density at radius 3 is 2.30 bits per heavy atom. The van der Waals surface area contributed by atoms with Gasteiger partial charge in [-0.2, -0.15) is 0 Å². The molecule has 0 aliphatic rings. The monoisotopic (exact) mass is 350 g/mol. The summed E-state index contributed by atoms with van der Waals surface area (Å²) in [5, 5.41) is 9.08. The molecule has 0 atom stereocenters. The zero-order valence-corrected chi connectivity index (χ0v) is 15.2. The number of aryl methyl sites for hydroxylation is 2. The van der Waals surface area contributed by atoms with Crippen LogP contribution < -0.4 is 0 Å². The summed E-state index contributed by atoms with van der Waals surface area (Å²) in [6.45, 7) is 4.18. The molecule has 0 N–H and O–H groups in total. The van der Waals surface area contributed by atoms with Gasteiger partial charge >= 0.3 is 0 Å². The molecule has 0 saturated carbocycles. The average Bonchev–Trinajstić information content (AvgIpc) is 3.14. The van der Waals surface area contributed by atoms with Crippen molar-refractivity contribution in [1.82, 2.24) is 19.6 Å². The van der Waals surface area contributed by atoms with Crippen LogP contribution in [-0.2, 0) is 0 Å². The highest BCUT2D eigenvalue weighted by atomic mass is 15.3. The molecule has 130 valence electrons. The van der Waals surface area contributed by atoms with E-state index in [2.05, 4.69) is 83.0 Å². The molecule has 2 aromatic heterocycles. The molecule has 0 bridgehead atoms. The largest absolute Gasteiger partial charge is 0.271 e. The fourth-order valence-corrected chi connectivity index (χ4v) is 3.50. The SMILES string of the molecule is Cc1cccc(-c2nnc3c(-c4ccccc4)nc4ccc(C)cc4n23)c1. The van der Waals surface area contributed by atoms with E-state index in [1.54, 1.807) is 0 Å². The van der Waals surface area contributed by atoms with Crippen LogP contribution in [0.4, 0.5) is 0 Å². The highest BCUT2D eigenvalue weighted by Crippen LogP contribution is 2.30. The van der Waals surface area contributed by atoms with Gasteiger partial charge in [-0.15, -0.1) is 10.2 Å². The summed E-state index contributed by atoms with van der Waals surface area (Å²) in [4.78, 5) is 4.92. The molecular formula is C23H18N4. The van der Waals surface area contributed by atoms with Crippen molar-refractivity contribution >= 4 is 16.7 Å². The Labute approximate surface area is 157 Å². The lowest BCUT2D eigenvalue weighted by Crippen LogP contribution is -1.98. The number of benzene rings is 3. The van der Waals surface area contributed by atoms with Crippen LogP contribution in [0.15, 0.2) is 72.8 Å². The van der Waals surface area contributed by atoms with Gasteiger partial charge in [0.25, 0.3) is 0 Å². The minimum atomic E-state index is 0.774. The van der Waals surface area contributed by atoms with Crippen molar-refractivity contribution in [3.05, 3.63) is 83.9 Å². The molecule has 0 fully saturated rings. The first-order chi connectivity index (χ1) is 13.2. The van der Waals surface area contributed by atoms with Gasteiger partial charge in [0.05, 0.1) is 11.0 Å². The first-order valence-corrected chi connectivity index (χ1v) is 8.99. The van der Waals surface area contributed by atoms with E-state index < -0.39 is 0 Å². The zero-order chi connectivity index (χ0) is 18.4. The minimum absolute atomic E-state index is 0.774. The third-order valence-corrected chi connectivity index (χ3v) is 4.80. The molecule has 0 spiro atoms. The molecule has 3 aromatic carbocycles. The van der Waals surface area contributed by atoms with E-state index in [1.165, 1.54) is 11.1 Å². The van der Waals surface area contributed by atoms with Crippen LogP contribution in [0, 0.1) is 13.8 Å². The lowest BCUT2D eigenvalue weighted by Gasteiger charge is -2.10. The third kappa shape index (κ3) is 2.57. The quantitative estimate of drug-likeness (QED) is 0.438. The minimum Gasteiger partial charge on any atom is -0.271 e. The van der Waals surface area contributed by atoms with Gasteiger partial charge in [0.2, 0.25) is 0 Å². The molecule has 27 heavy (non-hydrogen) atoms. The zero-order valence-electron chi connectivity index (χ0n) is 15.2. The standard InChI is InChI=1S/C23H18N4/c1-15-7-6-10-18(13-15)22-25-26-23-21(17-8-4-3-5-9-17)24-19-12-11-16(2)14-20(19)27(22)23/h3-14H,1-2H3. The van der Waals surface area contributed by atoms with Crippen molar-refractivity contribution in [3.8, 4) is 22.6 Å². The van der Waals surface area contributed by atoms with E-state index in [4.69, 9.17) is 4.98 Å². The van der Waals surface area contributed by atoms with Gasteiger partial charge in [0, 0.05) is 11.1 Å². The molecule has 0 saturated heterocycles. The first kappa shape index (κ1) is 15.7. The van der Waals surface area contributed by atoms with Crippen LogP contribution in [0.5, 0.6) is 0 Å². The highest BCUT2D eigenvalue weighted by molar-refractivity contribution is 5.88. The summed E-state index contributed by atoms with van der Waals surface area (Å²) < 4.78 is 2.13.